The number of alkyl carbamates (subject to hydrolysis) is 2. The standard InChI is InChI=1S/C39H48F2N4O9/c1-24(46)52-33(32(45-37(50)54-39(5,6)7)23-51-22-25-12-9-8-10-13-25)35(48)43-29-15-11-14-26(19-29)34(47)42-21-30(44-36(49)53-38(2,3)4)20-27-18-28(40)16-17-31(27)41/h8-19,30,32-33H,20-23H2,1-7H3,(H,42,47)(H,43,48)(H,44,49)(H,45,50)/t30?,32-,33+/m1/s1. The molecule has 0 aromatic heterocycles. The Morgan fingerprint density at radius 2 is 1.43 bits per heavy atom. The Balaban J connectivity index is 1.77. The maximum Gasteiger partial charge on any atom is 0.408 e. The molecule has 292 valence electrons. The number of hydrogen-bond donors (Lipinski definition) is 4. The quantitative estimate of drug-likeness (QED) is 0.110. The molecular formula is C39H48F2N4O9. The third-order valence-electron chi connectivity index (χ3n) is 7.12. The second-order valence-electron chi connectivity index (χ2n) is 14.3. The molecule has 0 aliphatic rings. The zero-order valence-electron chi connectivity index (χ0n) is 31.4. The van der Waals surface area contributed by atoms with Crippen molar-refractivity contribution in [3.8, 4) is 0 Å². The van der Waals surface area contributed by atoms with Crippen molar-refractivity contribution in [2.45, 2.75) is 90.9 Å². The van der Waals surface area contributed by atoms with Gasteiger partial charge in [0.2, 0.25) is 6.10 Å². The lowest BCUT2D eigenvalue weighted by Gasteiger charge is -2.28. The van der Waals surface area contributed by atoms with E-state index in [1.165, 1.54) is 24.3 Å². The maximum absolute atomic E-state index is 14.5. The second kappa shape index (κ2) is 19.5. The first kappa shape index (κ1) is 42.8. The van der Waals surface area contributed by atoms with Crippen LogP contribution in [-0.2, 0) is 41.6 Å². The van der Waals surface area contributed by atoms with Gasteiger partial charge in [0.1, 0.15) is 28.9 Å². The van der Waals surface area contributed by atoms with Gasteiger partial charge in [-0.3, -0.25) is 14.4 Å². The SMILES string of the molecule is CC(=O)O[C@H](C(=O)Nc1cccc(C(=O)NCC(Cc2cc(F)ccc2F)NC(=O)OC(C)(C)C)c1)[C@@H](COCc1ccccc1)NC(=O)OC(C)(C)C. The first-order valence-electron chi connectivity index (χ1n) is 17.2. The van der Waals surface area contributed by atoms with E-state index in [1.807, 2.05) is 30.3 Å². The number of benzene rings is 3. The van der Waals surface area contributed by atoms with Crippen LogP contribution in [0, 0.1) is 11.6 Å². The molecule has 4 amide bonds. The first-order valence-corrected chi connectivity index (χ1v) is 17.2. The van der Waals surface area contributed by atoms with Crippen LogP contribution in [0.5, 0.6) is 0 Å². The highest BCUT2D eigenvalue weighted by Crippen LogP contribution is 2.17. The van der Waals surface area contributed by atoms with Gasteiger partial charge in [-0.2, -0.15) is 0 Å². The van der Waals surface area contributed by atoms with Gasteiger partial charge in [0, 0.05) is 24.7 Å². The molecule has 13 nitrogen and oxygen atoms in total. The van der Waals surface area contributed by atoms with Gasteiger partial charge in [-0.15, -0.1) is 0 Å². The highest BCUT2D eigenvalue weighted by atomic mass is 19.1. The van der Waals surface area contributed by atoms with Crippen LogP contribution in [0.15, 0.2) is 72.8 Å². The molecule has 1 unspecified atom stereocenters. The van der Waals surface area contributed by atoms with Gasteiger partial charge >= 0.3 is 18.2 Å². The fraction of sp³-hybridized carbons (Fsp3) is 0.410. The second-order valence-corrected chi connectivity index (χ2v) is 14.3. The third-order valence-corrected chi connectivity index (χ3v) is 7.12. The van der Waals surface area contributed by atoms with Crippen LogP contribution in [0.3, 0.4) is 0 Å². The van der Waals surface area contributed by atoms with Crippen molar-refractivity contribution in [1.29, 1.82) is 0 Å². The predicted octanol–water partition coefficient (Wildman–Crippen LogP) is 5.81. The van der Waals surface area contributed by atoms with Gasteiger partial charge in [0.15, 0.2) is 0 Å². The number of ether oxygens (including phenoxy) is 4. The van der Waals surface area contributed by atoms with E-state index in [4.69, 9.17) is 18.9 Å². The van der Waals surface area contributed by atoms with E-state index in [0.29, 0.717) is 0 Å². The van der Waals surface area contributed by atoms with Crippen LogP contribution in [-0.4, -0.2) is 72.5 Å². The molecule has 0 heterocycles. The lowest BCUT2D eigenvalue weighted by Crippen LogP contribution is -2.53. The molecule has 0 fully saturated rings. The van der Waals surface area contributed by atoms with E-state index in [1.54, 1.807) is 41.5 Å². The molecule has 0 saturated heterocycles. The van der Waals surface area contributed by atoms with E-state index >= 15 is 0 Å². The highest BCUT2D eigenvalue weighted by molar-refractivity contribution is 5.99. The van der Waals surface area contributed by atoms with Gasteiger partial charge in [0.25, 0.3) is 11.8 Å². The molecule has 4 N–H and O–H groups in total. The van der Waals surface area contributed by atoms with Gasteiger partial charge in [-0.25, -0.2) is 18.4 Å². The number of hydrogen-bond acceptors (Lipinski definition) is 9. The van der Waals surface area contributed by atoms with Crippen LogP contribution in [0.1, 0.15) is 70.0 Å². The van der Waals surface area contributed by atoms with E-state index in [-0.39, 0.29) is 43.0 Å². The molecule has 3 aromatic carbocycles. The monoisotopic (exact) mass is 754 g/mol. The third kappa shape index (κ3) is 15.6. The number of anilines is 1. The average Bonchev–Trinajstić information content (AvgIpc) is 3.06. The highest BCUT2D eigenvalue weighted by Gasteiger charge is 2.34. The smallest absolute Gasteiger partial charge is 0.408 e. The maximum atomic E-state index is 14.5. The first-order chi connectivity index (χ1) is 25.3. The molecule has 3 aromatic rings. The molecule has 54 heavy (non-hydrogen) atoms. The Bertz CT molecular complexity index is 1760. The van der Waals surface area contributed by atoms with Crippen molar-refractivity contribution in [2.24, 2.45) is 0 Å². The van der Waals surface area contributed by atoms with Crippen LogP contribution in [0.2, 0.25) is 0 Å². The van der Waals surface area contributed by atoms with Crippen molar-refractivity contribution < 1.29 is 51.7 Å². The Labute approximate surface area is 313 Å². The van der Waals surface area contributed by atoms with Gasteiger partial charge < -0.3 is 40.2 Å². The van der Waals surface area contributed by atoms with E-state index in [2.05, 4.69) is 21.3 Å². The predicted molar refractivity (Wildman–Crippen MR) is 195 cm³/mol. The van der Waals surface area contributed by atoms with Crippen molar-refractivity contribution >= 4 is 35.7 Å². The largest absolute Gasteiger partial charge is 0.450 e. The number of amides is 4. The Morgan fingerprint density at radius 3 is 2.06 bits per heavy atom. The number of carbonyl (C=O) groups excluding carboxylic acids is 5. The number of carbonyl (C=O) groups is 5. The summed E-state index contributed by atoms with van der Waals surface area (Å²) in [4.78, 5) is 64.5. The lowest BCUT2D eigenvalue weighted by molar-refractivity contribution is -0.155. The molecule has 0 radical (unpaired) electrons. The molecule has 0 aliphatic heterocycles. The van der Waals surface area contributed by atoms with Crippen molar-refractivity contribution in [3.63, 3.8) is 0 Å². The van der Waals surface area contributed by atoms with Crippen molar-refractivity contribution in [1.82, 2.24) is 16.0 Å². The molecule has 3 atom stereocenters. The summed E-state index contributed by atoms with van der Waals surface area (Å²) in [7, 11) is 0. The minimum atomic E-state index is -1.59. The van der Waals surface area contributed by atoms with Gasteiger partial charge in [-0.05, 0) is 95.5 Å². The summed E-state index contributed by atoms with van der Waals surface area (Å²) in [6.45, 7) is 10.7. The Kier molecular flexibility index (Phi) is 15.5. The van der Waals surface area contributed by atoms with E-state index < -0.39 is 71.0 Å². The fourth-order valence-electron chi connectivity index (χ4n) is 4.92. The lowest BCUT2D eigenvalue weighted by atomic mass is 10.0. The van der Waals surface area contributed by atoms with Crippen molar-refractivity contribution in [3.05, 3.63) is 101 Å². The van der Waals surface area contributed by atoms with Crippen LogP contribution in [0.4, 0.5) is 24.1 Å². The summed E-state index contributed by atoms with van der Waals surface area (Å²) in [5, 5.41) is 10.4. The van der Waals surface area contributed by atoms with Crippen LogP contribution in [0.25, 0.3) is 0 Å². The molecule has 0 spiro atoms. The number of esters is 1. The summed E-state index contributed by atoms with van der Waals surface area (Å²) >= 11 is 0. The van der Waals surface area contributed by atoms with Crippen LogP contribution < -0.4 is 21.3 Å². The number of halogens is 2. The molecule has 0 aliphatic carbocycles. The Morgan fingerprint density at radius 1 is 0.778 bits per heavy atom. The molecule has 3 rings (SSSR count). The summed E-state index contributed by atoms with van der Waals surface area (Å²) in [6, 6.07) is 15.8. The molecule has 0 bridgehead atoms. The zero-order chi connectivity index (χ0) is 40.1. The van der Waals surface area contributed by atoms with Crippen molar-refractivity contribution in [2.75, 3.05) is 18.5 Å². The molecular weight excluding hydrogens is 706 g/mol. The summed E-state index contributed by atoms with van der Waals surface area (Å²) in [6.07, 6.45) is -3.47. The van der Waals surface area contributed by atoms with E-state index in [0.717, 1.165) is 30.7 Å². The normalized spacial score (nSPS) is 13.1. The average molecular weight is 755 g/mol. The van der Waals surface area contributed by atoms with Gasteiger partial charge in [0.05, 0.1) is 19.3 Å². The van der Waals surface area contributed by atoms with Crippen LogP contribution >= 0.6 is 0 Å². The number of nitrogens with one attached hydrogen (secondary N) is 4. The Hall–Kier alpha value is -5.57. The number of rotatable bonds is 15. The molecule has 0 saturated carbocycles. The summed E-state index contributed by atoms with van der Waals surface area (Å²) < 4.78 is 50.2. The summed E-state index contributed by atoms with van der Waals surface area (Å²) in [5.41, 5.74) is -0.702. The zero-order valence-corrected chi connectivity index (χ0v) is 31.4. The minimum absolute atomic E-state index is 0.0257. The fourth-order valence-corrected chi connectivity index (χ4v) is 4.92. The topological polar surface area (TPSA) is 170 Å². The summed E-state index contributed by atoms with van der Waals surface area (Å²) in [5.74, 6) is -3.65. The van der Waals surface area contributed by atoms with E-state index in [9.17, 15) is 32.8 Å². The van der Waals surface area contributed by atoms with Gasteiger partial charge in [-0.1, -0.05) is 36.4 Å². The minimum Gasteiger partial charge on any atom is -0.450 e. The molecule has 15 heteroatoms.